The second-order valence-electron chi connectivity index (χ2n) is 2.19. The molecule has 0 saturated heterocycles. The summed E-state index contributed by atoms with van der Waals surface area (Å²) in [6.07, 6.45) is 0. The van der Waals surface area contributed by atoms with Gasteiger partial charge in [-0.15, -0.1) is 28.3 Å². The highest BCUT2D eigenvalue weighted by Gasteiger charge is 2.05. The SMILES string of the molecule is Br.Cc1sc(NC(=N)N)nc1CBr. The predicted octanol–water partition coefficient (Wildman–Crippen LogP) is 2.23. The molecule has 0 bridgehead atoms. The second kappa shape index (κ2) is 5.56. The number of aryl methyl sites for hydroxylation is 1. The van der Waals surface area contributed by atoms with Crippen LogP contribution in [0, 0.1) is 12.3 Å². The van der Waals surface area contributed by atoms with Crippen molar-refractivity contribution in [2.24, 2.45) is 5.73 Å². The first-order valence-electron chi connectivity index (χ1n) is 3.26. The fraction of sp³-hybridized carbons (Fsp3) is 0.333. The molecule has 0 aliphatic heterocycles. The van der Waals surface area contributed by atoms with E-state index >= 15 is 0 Å². The molecular formula is C6H10Br2N4S. The number of guanidine groups is 1. The number of thiazole rings is 1. The van der Waals surface area contributed by atoms with Crippen LogP contribution in [0.25, 0.3) is 0 Å². The van der Waals surface area contributed by atoms with Crippen molar-refractivity contribution in [1.82, 2.24) is 4.98 Å². The Kier molecular flexibility index (Phi) is 5.50. The van der Waals surface area contributed by atoms with E-state index < -0.39 is 0 Å². The second-order valence-corrected chi connectivity index (χ2v) is 3.96. The van der Waals surface area contributed by atoms with E-state index in [2.05, 4.69) is 26.2 Å². The van der Waals surface area contributed by atoms with Crippen molar-refractivity contribution in [2.45, 2.75) is 12.3 Å². The Morgan fingerprint density at radius 3 is 2.77 bits per heavy atom. The predicted molar refractivity (Wildman–Crippen MR) is 65.3 cm³/mol. The average Bonchev–Trinajstić information content (AvgIpc) is 2.29. The smallest absolute Gasteiger partial charge is 0.192 e. The third-order valence-corrected chi connectivity index (χ3v) is 2.72. The molecule has 0 aliphatic rings. The van der Waals surface area contributed by atoms with E-state index in [1.807, 2.05) is 6.92 Å². The van der Waals surface area contributed by atoms with E-state index in [0.29, 0.717) is 5.13 Å². The van der Waals surface area contributed by atoms with Crippen molar-refractivity contribution in [2.75, 3.05) is 5.32 Å². The van der Waals surface area contributed by atoms with Crippen LogP contribution in [0.2, 0.25) is 0 Å². The molecule has 74 valence electrons. The van der Waals surface area contributed by atoms with Gasteiger partial charge in [0.05, 0.1) is 5.69 Å². The van der Waals surface area contributed by atoms with Gasteiger partial charge in [0, 0.05) is 10.2 Å². The zero-order valence-corrected chi connectivity index (χ0v) is 11.0. The van der Waals surface area contributed by atoms with Crippen molar-refractivity contribution in [1.29, 1.82) is 5.41 Å². The van der Waals surface area contributed by atoms with Crippen molar-refractivity contribution in [3.8, 4) is 0 Å². The molecule has 1 heterocycles. The Morgan fingerprint density at radius 1 is 1.77 bits per heavy atom. The topological polar surface area (TPSA) is 74.8 Å². The number of nitrogens with zero attached hydrogens (tertiary/aromatic N) is 1. The molecule has 0 aliphatic carbocycles. The summed E-state index contributed by atoms with van der Waals surface area (Å²) in [5.41, 5.74) is 6.14. The highest BCUT2D eigenvalue weighted by Crippen LogP contribution is 2.23. The number of alkyl halides is 1. The fourth-order valence-corrected chi connectivity index (χ4v) is 2.29. The molecule has 0 atom stereocenters. The van der Waals surface area contributed by atoms with Gasteiger partial charge in [-0.05, 0) is 6.92 Å². The minimum atomic E-state index is -0.0788. The van der Waals surface area contributed by atoms with E-state index in [1.165, 1.54) is 11.3 Å². The van der Waals surface area contributed by atoms with Crippen molar-refractivity contribution < 1.29 is 0 Å². The molecule has 1 aromatic heterocycles. The van der Waals surface area contributed by atoms with Crippen LogP contribution in [0.3, 0.4) is 0 Å². The largest absolute Gasteiger partial charge is 0.370 e. The summed E-state index contributed by atoms with van der Waals surface area (Å²) in [4.78, 5) is 5.34. The number of anilines is 1. The molecular weight excluding hydrogens is 320 g/mol. The lowest BCUT2D eigenvalue weighted by molar-refractivity contribution is 1.21. The summed E-state index contributed by atoms with van der Waals surface area (Å²) in [6.45, 7) is 1.99. The number of aromatic nitrogens is 1. The van der Waals surface area contributed by atoms with Gasteiger partial charge in [-0.3, -0.25) is 5.41 Å². The summed E-state index contributed by atoms with van der Waals surface area (Å²) < 4.78 is 0. The molecule has 4 N–H and O–H groups in total. The number of nitrogens with one attached hydrogen (secondary N) is 2. The number of hydrogen-bond acceptors (Lipinski definition) is 3. The first-order chi connectivity index (χ1) is 5.63. The van der Waals surface area contributed by atoms with Crippen LogP contribution in [0.4, 0.5) is 5.13 Å². The maximum atomic E-state index is 6.99. The fourth-order valence-electron chi connectivity index (χ4n) is 0.721. The number of rotatable bonds is 2. The standard InChI is InChI=1S/C6H9BrN4S.BrH/c1-3-4(2-7)10-6(12-3)11-5(8)9;/h2H2,1H3,(H4,8,9,10,11);1H. The molecule has 1 rings (SSSR count). The Morgan fingerprint density at radius 2 is 2.38 bits per heavy atom. The Balaban J connectivity index is 0.00000144. The molecule has 0 aromatic carbocycles. The van der Waals surface area contributed by atoms with Crippen molar-refractivity contribution in [3.63, 3.8) is 0 Å². The minimum Gasteiger partial charge on any atom is -0.370 e. The average molecular weight is 330 g/mol. The molecule has 0 unspecified atom stereocenters. The van der Waals surface area contributed by atoms with Gasteiger partial charge in [0.1, 0.15) is 0 Å². The zero-order valence-electron chi connectivity index (χ0n) is 6.93. The number of halogens is 2. The van der Waals surface area contributed by atoms with Gasteiger partial charge in [0.15, 0.2) is 11.1 Å². The molecule has 0 radical (unpaired) electrons. The Hall–Kier alpha value is -0.140. The third-order valence-electron chi connectivity index (χ3n) is 1.26. The van der Waals surface area contributed by atoms with Gasteiger partial charge in [-0.25, -0.2) is 4.98 Å². The summed E-state index contributed by atoms with van der Waals surface area (Å²) in [5, 5.41) is 11.0. The van der Waals surface area contributed by atoms with Crippen LogP contribution < -0.4 is 11.1 Å². The molecule has 13 heavy (non-hydrogen) atoms. The zero-order chi connectivity index (χ0) is 9.14. The minimum absolute atomic E-state index is 0. The van der Waals surface area contributed by atoms with E-state index in [-0.39, 0.29) is 22.9 Å². The lowest BCUT2D eigenvalue weighted by atomic mass is 10.4. The Labute approximate surface area is 99.3 Å². The highest BCUT2D eigenvalue weighted by molar-refractivity contribution is 9.08. The van der Waals surface area contributed by atoms with Gasteiger partial charge >= 0.3 is 0 Å². The molecule has 0 saturated carbocycles. The van der Waals surface area contributed by atoms with Gasteiger partial charge < -0.3 is 11.1 Å². The van der Waals surface area contributed by atoms with Crippen LogP contribution in [0.15, 0.2) is 0 Å². The van der Waals surface area contributed by atoms with E-state index in [9.17, 15) is 0 Å². The molecule has 1 aromatic rings. The monoisotopic (exact) mass is 328 g/mol. The lowest BCUT2D eigenvalue weighted by Crippen LogP contribution is -2.20. The molecule has 0 fully saturated rings. The van der Waals surface area contributed by atoms with Crippen LogP contribution >= 0.6 is 44.2 Å². The normalized spacial score (nSPS) is 9.08. The quantitative estimate of drug-likeness (QED) is 0.442. The van der Waals surface area contributed by atoms with Crippen LogP contribution in [0.1, 0.15) is 10.6 Å². The van der Waals surface area contributed by atoms with Gasteiger partial charge in [-0.1, -0.05) is 15.9 Å². The van der Waals surface area contributed by atoms with E-state index in [1.54, 1.807) is 0 Å². The molecule has 0 spiro atoms. The van der Waals surface area contributed by atoms with Crippen molar-refractivity contribution in [3.05, 3.63) is 10.6 Å². The first-order valence-corrected chi connectivity index (χ1v) is 5.20. The molecule has 7 heteroatoms. The number of nitrogens with two attached hydrogens (primary N) is 1. The maximum absolute atomic E-state index is 6.99. The van der Waals surface area contributed by atoms with Crippen LogP contribution in [-0.2, 0) is 5.33 Å². The summed E-state index contributed by atoms with van der Waals surface area (Å²) in [6, 6.07) is 0. The highest BCUT2D eigenvalue weighted by atomic mass is 79.9. The number of hydrogen-bond donors (Lipinski definition) is 3. The first kappa shape index (κ1) is 12.9. The summed E-state index contributed by atoms with van der Waals surface area (Å²) in [7, 11) is 0. The van der Waals surface area contributed by atoms with Gasteiger partial charge in [0.25, 0.3) is 0 Å². The molecule has 0 amide bonds. The maximum Gasteiger partial charge on any atom is 0.192 e. The van der Waals surface area contributed by atoms with Crippen LogP contribution in [-0.4, -0.2) is 10.9 Å². The van der Waals surface area contributed by atoms with Crippen LogP contribution in [0.5, 0.6) is 0 Å². The summed E-state index contributed by atoms with van der Waals surface area (Å²) >= 11 is 4.81. The lowest BCUT2D eigenvalue weighted by Gasteiger charge is -1.95. The van der Waals surface area contributed by atoms with E-state index in [0.717, 1.165) is 15.9 Å². The van der Waals surface area contributed by atoms with Gasteiger partial charge in [-0.2, -0.15) is 0 Å². The molecule has 4 nitrogen and oxygen atoms in total. The summed E-state index contributed by atoms with van der Waals surface area (Å²) in [5.74, 6) is -0.0788. The van der Waals surface area contributed by atoms with Gasteiger partial charge in [0.2, 0.25) is 0 Å². The van der Waals surface area contributed by atoms with Crippen molar-refractivity contribution >= 4 is 55.3 Å². The van der Waals surface area contributed by atoms with E-state index in [4.69, 9.17) is 11.1 Å². The third kappa shape index (κ3) is 3.61. The Bertz CT molecular complexity index is 299.